The maximum atomic E-state index is 4.42. The molecular formula is C20H30N6. The van der Waals surface area contributed by atoms with E-state index in [1.807, 2.05) is 30.2 Å². The molecule has 1 saturated heterocycles. The molecular weight excluding hydrogens is 324 g/mol. The summed E-state index contributed by atoms with van der Waals surface area (Å²) >= 11 is 0. The number of hydrogen-bond acceptors (Lipinski definition) is 3. The van der Waals surface area contributed by atoms with Crippen LogP contribution in [0.1, 0.15) is 26.3 Å². The quantitative estimate of drug-likeness (QED) is 0.639. The lowest BCUT2D eigenvalue weighted by atomic mass is 10.1. The Morgan fingerprint density at radius 1 is 1.31 bits per heavy atom. The molecule has 1 aromatic carbocycles. The molecule has 2 heterocycles. The number of rotatable bonds is 5. The Balaban J connectivity index is 1.62. The average molecular weight is 355 g/mol. The predicted octanol–water partition coefficient (Wildman–Crippen LogP) is 2.27. The Kier molecular flexibility index (Phi) is 5.93. The third-order valence-corrected chi connectivity index (χ3v) is 5.14. The topological polar surface area (TPSA) is 57.5 Å². The molecule has 1 fully saturated rings. The van der Waals surface area contributed by atoms with Gasteiger partial charge in [-0.05, 0) is 31.4 Å². The third kappa shape index (κ3) is 4.25. The molecule has 140 valence electrons. The van der Waals surface area contributed by atoms with Crippen molar-refractivity contribution in [2.45, 2.75) is 39.4 Å². The first-order valence-corrected chi connectivity index (χ1v) is 9.36. The van der Waals surface area contributed by atoms with Gasteiger partial charge in [0.1, 0.15) is 0 Å². The fourth-order valence-electron chi connectivity index (χ4n) is 3.48. The van der Waals surface area contributed by atoms with E-state index in [1.54, 1.807) is 6.20 Å². The Morgan fingerprint density at radius 2 is 2.12 bits per heavy atom. The highest BCUT2D eigenvalue weighted by molar-refractivity contribution is 5.80. The van der Waals surface area contributed by atoms with E-state index in [0.717, 1.165) is 24.7 Å². The molecule has 0 spiro atoms. The van der Waals surface area contributed by atoms with Crippen LogP contribution >= 0.6 is 0 Å². The van der Waals surface area contributed by atoms with Crippen LogP contribution in [0.3, 0.4) is 0 Å². The summed E-state index contributed by atoms with van der Waals surface area (Å²) in [7, 11) is 1.83. The van der Waals surface area contributed by atoms with E-state index in [0.29, 0.717) is 24.5 Å². The van der Waals surface area contributed by atoms with Gasteiger partial charge in [0.05, 0.1) is 12.0 Å². The maximum Gasteiger partial charge on any atom is 0.191 e. The Bertz CT molecular complexity index is 722. The first kappa shape index (κ1) is 18.5. The fourth-order valence-corrected chi connectivity index (χ4v) is 3.48. The van der Waals surface area contributed by atoms with Crippen molar-refractivity contribution < 1.29 is 0 Å². The lowest BCUT2D eigenvalue weighted by Gasteiger charge is -2.22. The number of nitrogens with zero attached hydrogens (tertiary/aromatic N) is 4. The third-order valence-electron chi connectivity index (χ3n) is 5.14. The molecule has 26 heavy (non-hydrogen) atoms. The van der Waals surface area contributed by atoms with E-state index in [2.05, 4.69) is 64.5 Å². The summed E-state index contributed by atoms with van der Waals surface area (Å²) in [4.78, 5) is 11.1. The number of hydrogen-bond donors (Lipinski definition) is 2. The number of imidazole rings is 1. The van der Waals surface area contributed by atoms with E-state index < -0.39 is 0 Å². The molecule has 0 radical (unpaired) electrons. The van der Waals surface area contributed by atoms with Gasteiger partial charge in [0.25, 0.3) is 0 Å². The zero-order chi connectivity index (χ0) is 18.5. The summed E-state index contributed by atoms with van der Waals surface area (Å²) < 4.78 is 2.03. The SMILES string of the molecule is CN=C(NCc1ccccc1-n1ccnc1)NC1CN(C(C)C)CC1C. The van der Waals surface area contributed by atoms with Crippen LogP contribution < -0.4 is 10.6 Å². The van der Waals surface area contributed by atoms with Gasteiger partial charge in [0.2, 0.25) is 0 Å². The van der Waals surface area contributed by atoms with Crippen LogP contribution in [-0.4, -0.2) is 52.6 Å². The van der Waals surface area contributed by atoms with Gasteiger partial charge in [0, 0.05) is 51.2 Å². The Labute approximate surface area is 156 Å². The molecule has 2 unspecified atom stereocenters. The van der Waals surface area contributed by atoms with Crippen molar-refractivity contribution >= 4 is 5.96 Å². The van der Waals surface area contributed by atoms with Crippen molar-refractivity contribution in [3.63, 3.8) is 0 Å². The second kappa shape index (κ2) is 8.36. The normalized spacial score (nSPS) is 21.3. The summed E-state index contributed by atoms with van der Waals surface area (Å²) in [5.41, 5.74) is 2.34. The van der Waals surface area contributed by atoms with Gasteiger partial charge in [-0.15, -0.1) is 0 Å². The molecule has 0 saturated carbocycles. The highest BCUT2D eigenvalue weighted by Gasteiger charge is 2.31. The van der Waals surface area contributed by atoms with Crippen molar-refractivity contribution in [1.82, 2.24) is 25.1 Å². The lowest BCUT2D eigenvalue weighted by molar-refractivity contribution is 0.265. The standard InChI is InChI=1S/C20H30N6/c1-15(2)26-12-16(3)18(13-26)24-20(21-4)23-11-17-7-5-6-8-19(17)25-10-9-22-14-25/h5-10,14-16,18H,11-13H2,1-4H3,(H2,21,23,24). The summed E-state index contributed by atoms with van der Waals surface area (Å²) in [6.45, 7) is 9.73. The van der Waals surface area contributed by atoms with Crippen molar-refractivity contribution in [2.75, 3.05) is 20.1 Å². The molecule has 1 aliphatic heterocycles. The van der Waals surface area contributed by atoms with Crippen molar-refractivity contribution in [2.24, 2.45) is 10.9 Å². The number of aromatic nitrogens is 2. The highest BCUT2D eigenvalue weighted by atomic mass is 15.3. The zero-order valence-electron chi connectivity index (χ0n) is 16.2. The molecule has 2 N–H and O–H groups in total. The minimum atomic E-state index is 0.424. The van der Waals surface area contributed by atoms with Crippen molar-refractivity contribution in [1.29, 1.82) is 0 Å². The van der Waals surface area contributed by atoms with E-state index in [-0.39, 0.29) is 0 Å². The van der Waals surface area contributed by atoms with E-state index in [1.165, 1.54) is 5.56 Å². The molecule has 0 bridgehead atoms. The van der Waals surface area contributed by atoms with Gasteiger partial charge in [-0.25, -0.2) is 4.98 Å². The van der Waals surface area contributed by atoms with Gasteiger partial charge < -0.3 is 15.2 Å². The largest absolute Gasteiger partial charge is 0.352 e. The van der Waals surface area contributed by atoms with Crippen LogP contribution in [0, 0.1) is 5.92 Å². The average Bonchev–Trinajstić information content (AvgIpc) is 3.29. The van der Waals surface area contributed by atoms with Crippen LogP contribution in [0.25, 0.3) is 5.69 Å². The minimum Gasteiger partial charge on any atom is -0.352 e. The molecule has 6 nitrogen and oxygen atoms in total. The second-order valence-corrected chi connectivity index (χ2v) is 7.30. The van der Waals surface area contributed by atoms with Crippen LogP contribution in [0.4, 0.5) is 0 Å². The monoisotopic (exact) mass is 354 g/mol. The van der Waals surface area contributed by atoms with Gasteiger partial charge in [0.15, 0.2) is 5.96 Å². The van der Waals surface area contributed by atoms with Crippen molar-refractivity contribution in [3.05, 3.63) is 48.5 Å². The number of likely N-dealkylation sites (tertiary alicyclic amines) is 1. The molecule has 0 amide bonds. The predicted molar refractivity (Wildman–Crippen MR) is 107 cm³/mol. The summed E-state index contributed by atoms with van der Waals surface area (Å²) in [6.07, 6.45) is 5.59. The smallest absolute Gasteiger partial charge is 0.191 e. The van der Waals surface area contributed by atoms with Crippen LogP contribution in [0.5, 0.6) is 0 Å². The molecule has 0 aliphatic carbocycles. The van der Waals surface area contributed by atoms with E-state index in [4.69, 9.17) is 0 Å². The van der Waals surface area contributed by atoms with Gasteiger partial charge >= 0.3 is 0 Å². The first-order valence-electron chi connectivity index (χ1n) is 9.36. The second-order valence-electron chi connectivity index (χ2n) is 7.30. The number of aliphatic imine (C=N–C) groups is 1. The molecule has 1 aromatic heterocycles. The zero-order valence-corrected chi connectivity index (χ0v) is 16.2. The van der Waals surface area contributed by atoms with Gasteiger partial charge in [-0.1, -0.05) is 25.1 Å². The minimum absolute atomic E-state index is 0.424. The Hall–Kier alpha value is -2.34. The maximum absolute atomic E-state index is 4.42. The summed E-state index contributed by atoms with van der Waals surface area (Å²) in [5.74, 6) is 1.46. The van der Waals surface area contributed by atoms with Crippen LogP contribution in [0.2, 0.25) is 0 Å². The van der Waals surface area contributed by atoms with Crippen LogP contribution in [0.15, 0.2) is 48.0 Å². The Morgan fingerprint density at radius 3 is 2.77 bits per heavy atom. The number of benzene rings is 1. The van der Waals surface area contributed by atoms with Crippen molar-refractivity contribution in [3.8, 4) is 5.69 Å². The van der Waals surface area contributed by atoms with E-state index in [9.17, 15) is 0 Å². The van der Waals surface area contributed by atoms with Crippen LogP contribution in [-0.2, 0) is 6.54 Å². The highest BCUT2D eigenvalue weighted by Crippen LogP contribution is 2.18. The first-order chi connectivity index (χ1) is 12.6. The fraction of sp³-hybridized carbons (Fsp3) is 0.500. The number of para-hydroxylation sites is 1. The number of guanidine groups is 1. The van der Waals surface area contributed by atoms with Gasteiger partial charge in [-0.3, -0.25) is 9.89 Å². The molecule has 2 atom stereocenters. The summed E-state index contributed by atoms with van der Waals surface area (Å²) in [5, 5.41) is 7.07. The molecule has 1 aliphatic rings. The molecule has 2 aromatic rings. The molecule has 3 rings (SSSR count). The lowest BCUT2D eigenvalue weighted by Crippen LogP contribution is -2.46. The molecule has 6 heteroatoms. The number of nitrogens with one attached hydrogen (secondary N) is 2. The van der Waals surface area contributed by atoms with E-state index >= 15 is 0 Å². The summed E-state index contributed by atoms with van der Waals surface area (Å²) in [6, 6.07) is 9.36. The van der Waals surface area contributed by atoms with Gasteiger partial charge in [-0.2, -0.15) is 0 Å².